The molecule has 1 saturated heterocycles. The zero-order chi connectivity index (χ0) is 27.2. The van der Waals surface area contributed by atoms with Crippen LogP contribution in [0.3, 0.4) is 0 Å². The number of halogens is 1. The molecular formula is C31H27ClN2O4S. The summed E-state index contributed by atoms with van der Waals surface area (Å²) >= 11 is 7.91. The van der Waals surface area contributed by atoms with Crippen molar-refractivity contribution < 1.29 is 19.0 Å². The van der Waals surface area contributed by atoms with Crippen LogP contribution in [0.15, 0.2) is 88.8 Å². The van der Waals surface area contributed by atoms with Gasteiger partial charge in [-0.3, -0.25) is 4.79 Å². The minimum Gasteiger partial charge on any atom is -0.494 e. The molecule has 1 amide bonds. The SMILES string of the molecule is CCOc1ccc(N=C2NC(=O)/C(=C\c3cc(Cl)c(OCc4ccc5ccccc5c4)c(OCC)c3)S2)cc1. The number of hydrogen-bond donors (Lipinski definition) is 1. The van der Waals surface area contributed by atoms with E-state index in [2.05, 4.69) is 34.6 Å². The lowest BCUT2D eigenvalue weighted by molar-refractivity contribution is -0.115. The van der Waals surface area contributed by atoms with Crippen molar-refractivity contribution in [1.82, 2.24) is 5.32 Å². The number of benzene rings is 4. The van der Waals surface area contributed by atoms with Gasteiger partial charge in [-0.1, -0.05) is 48.0 Å². The molecule has 0 aromatic heterocycles. The summed E-state index contributed by atoms with van der Waals surface area (Å²) in [5.41, 5.74) is 2.47. The van der Waals surface area contributed by atoms with Crippen LogP contribution in [0.4, 0.5) is 5.69 Å². The molecule has 1 heterocycles. The molecule has 1 aliphatic heterocycles. The maximum Gasteiger partial charge on any atom is 0.264 e. The zero-order valence-electron chi connectivity index (χ0n) is 21.6. The van der Waals surface area contributed by atoms with Crippen LogP contribution in [0.25, 0.3) is 16.8 Å². The number of thioether (sulfide) groups is 1. The number of fused-ring (bicyclic) bond motifs is 1. The zero-order valence-corrected chi connectivity index (χ0v) is 23.1. The van der Waals surface area contributed by atoms with Gasteiger partial charge in [0.05, 0.1) is 28.8 Å². The number of carbonyl (C=O) groups is 1. The van der Waals surface area contributed by atoms with Crippen molar-refractivity contribution in [3.05, 3.63) is 99.9 Å². The third-order valence-electron chi connectivity index (χ3n) is 5.86. The van der Waals surface area contributed by atoms with Crippen LogP contribution < -0.4 is 19.5 Å². The molecule has 6 nitrogen and oxygen atoms in total. The molecule has 1 aliphatic rings. The summed E-state index contributed by atoms with van der Waals surface area (Å²) in [6.45, 7) is 5.21. The van der Waals surface area contributed by atoms with Crippen LogP contribution >= 0.6 is 23.4 Å². The number of rotatable bonds is 9. The first-order chi connectivity index (χ1) is 19.0. The smallest absolute Gasteiger partial charge is 0.264 e. The maximum atomic E-state index is 12.6. The van der Waals surface area contributed by atoms with E-state index >= 15 is 0 Å². The fourth-order valence-electron chi connectivity index (χ4n) is 4.09. The first-order valence-corrected chi connectivity index (χ1v) is 13.8. The van der Waals surface area contributed by atoms with Crippen LogP contribution in [0, 0.1) is 0 Å². The van der Waals surface area contributed by atoms with Gasteiger partial charge in [-0.2, -0.15) is 0 Å². The highest BCUT2D eigenvalue weighted by Gasteiger charge is 2.24. The van der Waals surface area contributed by atoms with Gasteiger partial charge >= 0.3 is 0 Å². The van der Waals surface area contributed by atoms with Crippen molar-refractivity contribution in [3.63, 3.8) is 0 Å². The lowest BCUT2D eigenvalue weighted by Gasteiger charge is -2.15. The molecule has 4 aromatic carbocycles. The molecule has 8 heteroatoms. The summed E-state index contributed by atoms with van der Waals surface area (Å²) in [6, 6.07) is 25.4. The Kier molecular flexibility index (Phi) is 8.39. The topological polar surface area (TPSA) is 69.2 Å². The van der Waals surface area contributed by atoms with Gasteiger partial charge in [-0.15, -0.1) is 0 Å². The van der Waals surface area contributed by atoms with E-state index in [9.17, 15) is 4.79 Å². The number of aliphatic imine (C=N–C) groups is 1. The van der Waals surface area contributed by atoms with Gasteiger partial charge in [0.15, 0.2) is 16.7 Å². The number of hydrogen-bond acceptors (Lipinski definition) is 6. The van der Waals surface area contributed by atoms with Gasteiger partial charge < -0.3 is 19.5 Å². The molecule has 0 bridgehead atoms. The first-order valence-electron chi connectivity index (χ1n) is 12.6. The van der Waals surface area contributed by atoms with E-state index in [1.807, 2.05) is 62.4 Å². The van der Waals surface area contributed by atoms with Crippen molar-refractivity contribution in [2.24, 2.45) is 4.99 Å². The second kappa shape index (κ2) is 12.3. The Hall–Kier alpha value is -3.94. The van der Waals surface area contributed by atoms with Crippen molar-refractivity contribution in [3.8, 4) is 17.2 Å². The van der Waals surface area contributed by atoms with Crippen molar-refractivity contribution >= 4 is 57.0 Å². The minimum absolute atomic E-state index is 0.226. The van der Waals surface area contributed by atoms with Crippen LogP contribution in [0.1, 0.15) is 25.0 Å². The quantitative estimate of drug-likeness (QED) is 0.213. The second-order valence-corrected chi connectivity index (χ2v) is 10.1. The monoisotopic (exact) mass is 558 g/mol. The first kappa shape index (κ1) is 26.7. The normalized spacial score (nSPS) is 15.1. The van der Waals surface area contributed by atoms with Gasteiger partial charge in [-0.05, 0) is 96.0 Å². The van der Waals surface area contributed by atoms with Gasteiger partial charge in [0, 0.05) is 0 Å². The molecule has 0 unspecified atom stereocenters. The lowest BCUT2D eigenvalue weighted by Crippen LogP contribution is -2.19. The Morgan fingerprint density at radius 2 is 1.67 bits per heavy atom. The molecule has 39 heavy (non-hydrogen) atoms. The predicted octanol–water partition coefficient (Wildman–Crippen LogP) is 7.76. The fourth-order valence-corrected chi connectivity index (χ4v) is 5.21. The summed E-state index contributed by atoms with van der Waals surface area (Å²) < 4.78 is 17.4. The van der Waals surface area contributed by atoms with Gasteiger partial charge in [-0.25, -0.2) is 4.99 Å². The summed E-state index contributed by atoms with van der Waals surface area (Å²) in [7, 11) is 0. The highest BCUT2D eigenvalue weighted by molar-refractivity contribution is 8.18. The van der Waals surface area contributed by atoms with Crippen LogP contribution in [0.5, 0.6) is 17.2 Å². The number of carbonyl (C=O) groups excluding carboxylic acids is 1. The fraction of sp³-hybridized carbons (Fsp3) is 0.161. The molecule has 0 aliphatic carbocycles. The Bertz CT molecular complexity index is 1570. The van der Waals surface area contributed by atoms with Gasteiger partial charge in [0.1, 0.15) is 12.4 Å². The highest BCUT2D eigenvalue weighted by Crippen LogP contribution is 2.39. The Balaban J connectivity index is 1.33. The van der Waals surface area contributed by atoms with Crippen LogP contribution in [0.2, 0.25) is 5.02 Å². The summed E-state index contributed by atoms with van der Waals surface area (Å²) in [6.07, 6.45) is 1.77. The molecule has 0 saturated carbocycles. The molecule has 0 radical (unpaired) electrons. The third-order valence-corrected chi connectivity index (χ3v) is 7.05. The average Bonchev–Trinajstić information content (AvgIpc) is 3.27. The molecule has 0 spiro atoms. The summed E-state index contributed by atoms with van der Waals surface area (Å²) in [5, 5.41) is 6.04. The summed E-state index contributed by atoms with van der Waals surface area (Å²) in [4.78, 5) is 17.7. The molecular weight excluding hydrogens is 532 g/mol. The maximum absolute atomic E-state index is 12.6. The number of amides is 1. The van der Waals surface area contributed by atoms with Gasteiger partial charge in [0.2, 0.25) is 0 Å². The van der Waals surface area contributed by atoms with E-state index in [0.29, 0.717) is 46.4 Å². The van der Waals surface area contributed by atoms with E-state index in [-0.39, 0.29) is 5.91 Å². The van der Waals surface area contributed by atoms with E-state index in [4.69, 9.17) is 25.8 Å². The predicted molar refractivity (Wildman–Crippen MR) is 159 cm³/mol. The second-order valence-electron chi connectivity index (χ2n) is 8.64. The Labute approximate surface area is 236 Å². The average molecular weight is 559 g/mol. The number of amidine groups is 1. The largest absolute Gasteiger partial charge is 0.494 e. The van der Waals surface area contributed by atoms with E-state index in [1.54, 1.807) is 12.1 Å². The highest BCUT2D eigenvalue weighted by atomic mass is 35.5. The van der Waals surface area contributed by atoms with Gasteiger partial charge in [0.25, 0.3) is 5.91 Å². The molecule has 0 atom stereocenters. The minimum atomic E-state index is -0.226. The molecule has 5 rings (SSSR count). The summed E-state index contributed by atoms with van der Waals surface area (Å²) in [5.74, 6) is 1.53. The standard InChI is InChI=1S/C31H27ClN2O4S/c1-3-36-25-13-11-24(12-14-25)33-31-34-30(35)28(39-31)18-21-16-26(32)29(27(17-21)37-4-2)38-19-20-9-10-22-7-5-6-8-23(22)15-20/h5-18H,3-4,19H2,1-2H3,(H,33,34,35)/b28-18+. The van der Waals surface area contributed by atoms with Crippen LogP contribution in [-0.4, -0.2) is 24.3 Å². The number of nitrogens with zero attached hydrogens (tertiary/aromatic N) is 1. The van der Waals surface area contributed by atoms with Crippen molar-refractivity contribution in [2.75, 3.05) is 13.2 Å². The lowest BCUT2D eigenvalue weighted by atomic mass is 10.1. The number of ether oxygens (including phenoxy) is 3. The Morgan fingerprint density at radius 1 is 0.897 bits per heavy atom. The molecule has 4 aromatic rings. The third kappa shape index (κ3) is 6.56. The van der Waals surface area contributed by atoms with Crippen molar-refractivity contribution in [2.45, 2.75) is 20.5 Å². The van der Waals surface area contributed by atoms with Crippen LogP contribution in [-0.2, 0) is 11.4 Å². The Morgan fingerprint density at radius 3 is 2.44 bits per heavy atom. The molecule has 198 valence electrons. The van der Waals surface area contributed by atoms with E-state index in [1.165, 1.54) is 17.1 Å². The van der Waals surface area contributed by atoms with Crippen molar-refractivity contribution in [1.29, 1.82) is 0 Å². The number of nitrogens with one attached hydrogen (secondary N) is 1. The molecule has 1 N–H and O–H groups in total. The molecule has 1 fully saturated rings. The van der Waals surface area contributed by atoms with E-state index < -0.39 is 0 Å². The van der Waals surface area contributed by atoms with E-state index in [0.717, 1.165) is 28.0 Å².